The Morgan fingerprint density at radius 3 is 2.60 bits per heavy atom. The summed E-state index contributed by atoms with van der Waals surface area (Å²) >= 11 is 3.29. The smallest absolute Gasteiger partial charge is 0.303 e. The first-order valence-corrected chi connectivity index (χ1v) is 8.57. The van der Waals surface area contributed by atoms with Crippen LogP contribution >= 0.6 is 15.9 Å². The normalized spacial score (nSPS) is 15.8. The standard InChI is InChI=1S/C13H15BrO5S/c14-11-6-9(2-1-3-13(15)16)4-5-12(11)20(17,18)10-7-19-8-10/h4-6,10H,1-3,7-8H2,(H,15,16). The fourth-order valence-corrected chi connectivity index (χ4v) is 4.55. The van der Waals surface area contributed by atoms with E-state index in [2.05, 4.69) is 15.9 Å². The summed E-state index contributed by atoms with van der Waals surface area (Å²) in [5.41, 5.74) is 0.918. The Labute approximate surface area is 126 Å². The van der Waals surface area contributed by atoms with Gasteiger partial charge >= 0.3 is 5.97 Å². The van der Waals surface area contributed by atoms with Crippen LogP contribution in [0.1, 0.15) is 18.4 Å². The predicted octanol–water partition coefficient (Wildman–Crippen LogP) is 2.03. The van der Waals surface area contributed by atoms with Gasteiger partial charge in [0.1, 0.15) is 5.25 Å². The van der Waals surface area contributed by atoms with Crippen LogP contribution in [0.5, 0.6) is 0 Å². The lowest BCUT2D eigenvalue weighted by molar-refractivity contribution is -0.137. The average Bonchev–Trinajstić information content (AvgIpc) is 2.24. The molecular formula is C13H15BrO5S. The minimum Gasteiger partial charge on any atom is -0.481 e. The van der Waals surface area contributed by atoms with Gasteiger partial charge in [-0.05, 0) is 46.5 Å². The van der Waals surface area contributed by atoms with Gasteiger partial charge in [0.15, 0.2) is 9.84 Å². The van der Waals surface area contributed by atoms with Gasteiger partial charge < -0.3 is 9.84 Å². The van der Waals surface area contributed by atoms with Crippen molar-refractivity contribution in [1.82, 2.24) is 0 Å². The molecule has 5 nitrogen and oxygen atoms in total. The lowest BCUT2D eigenvalue weighted by atomic mass is 10.1. The van der Waals surface area contributed by atoms with Crippen molar-refractivity contribution in [3.63, 3.8) is 0 Å². The van der Waals surface area contributed by atoms with Crippen LogP contribution in [0.4, 0.5) is 0 Å². The zero-order valence-corrected chi connectivity index (χ0v) is 13.1. The molecule has 0 aliphatic carbocycles. The number of hydrogen-bond donors (Lipinski definition) is 1. The van der Waals surface area contributed by atoms with Gasteiger partial charge in [-0.1, -0.05) is 6.07 Å². The molecule has 0 spiro atoms. The van der Waals surface area contributed by atoms with Crippen molar-refractivity contribution >= 4 is 31.7 Å². The van der Waals surface area contributed by atoms with Gasteiger partial charge in [0.2, 0.25) is 0 Å². The van der Waals surface area contributed by atoms with Gasteiger partial charge in [0, 0.05) is 10.9 Å². The fraction of sp³-hybridized carbons (Fsp3) is 0.462. The van der Waals surface area contributed by atoms with E-state index in [-0.39, 0.29) is 24.5 Å². The molecule has 0 radical (unpaired) electrons. The second-order valence-corrected chi connectivity index (χ2v) is 7.77. The zero-order valence-electron chi connectivity index (χ0n) is 10.7. The van der Waals surface area contributed by atoms with Crippen molar-refractivity contribution in [3.8, 4) is 0 Å². The minimum atomic E-state index is -3.35. The van der Waals surface area contributed by atoms with E-state index in [4.69, 9.17) is 9.84 Å². The van der Waals surface area contributed by atoms with Gasteiger partial charge in [-0.15, -0.1) is 0 Å². The number of halogens is 1. The van der Waals surface area contributed by atoms with Gasteiger partial charge in [0.05, 0.1) is 18.1 Å². The molecule has 0 bridgehead atoms. The van der Waals surface area contributed by atoms with Crippen molar-refractivity contribution in [2.45, 2.75) is 29.4 Å². The SMILES string of the molecule is O=C(O)CCCc1ccc(S(=O)(=O)C2COC2)c(Br)c1. The summed E-state index contributed by atoms with van der Waals surface area (Å²) < 4.78 is 30.0. The van der Waals surface area contributed by atoms with E-state index in [0.29, 0.717) is 17.3 Å². The lowest BCUT2D eigenvalue weighted by Gasteiger charge is -2.26. The first kappa shape index (κ1) is 15.5. The van der Waals surface area contributed by atoms with Gasteiger partial charge in [-0.25, -0.2) is 8.42 Å². The van der Waals surface area contributed by atoms with Crippen LogP contribution in [0.2, 0.25) is 0 Å². The molecule has 1 aliphatic rings. The number of aryl methyl sites for hydroxylation is 1. The molecule has 7 heteroatoms. The van der Waals surface area contributed by atoms with Crippen LogP contribution in [0.15, 0.2) is 27.6 Å². The number of carboxylic acids is 1. The highest BCUT2D eigenvalue weighted by atomic mass is 79.9. The van der Waals surface area contributed by atoms with Crippen molar-refractivity contribution in [2.75, 3.05) is 13.2 Å². The quantitative estimate of drug-likeness (QED) is 0.837. The summed E-state index contributed by atoms with van der Waals surface area (Å²) in [6, 6.07) is 5.06. The molecule has 0 amide bonds. The lowest BCUT2D eigenvalue weighted by Crippen LogP contribution is -2.40. The summed E-state index contributed by atoms with van der Waals surface area (Å²) in [4.78, 5) is 10.7. The van der Waals surface area contributed by atoms with Gasteiger partial charge in [-0.2, -0.15) is 0 Å². The van der Waals surface area contributed by atoms with Crippen LogP contribution in [0.25, 0.3) is 0 Å². The molecule has 0 unspecified atom stereocenters. The van der Waals surface area contributed by atoms with Crippen LogP contribution in [0, 0.1) is 0 Å². The van der Waals surface area contributed by atoms with E-state index in [1.807, 2.05) is 0 Å². The van der Waals surface area contributed by atoms with Crippen LogP contribution in [0.3, 0.4) is 0 Å². The molecule has 110 valence electrons. The number of carbonyl (C=O) groups is 1. The highest BCUT2D eigenvalue weighted by Crippen LogP contribution is 2.29. The molecule has 20 heavy (non-hydrogen) atoms. The van der Waals surface area contributed by atoms with Crippen molar-refractivity contribution < 1.29 is 23.1 Å². The number of sulfone groups is 1. The number of rotatable bonds is 6. The molecule has 0 atom stereocenters. The maximum Gasteiger partial charge on any atom is 0.303 e. The van der Waals surface area contributed by atoms with E-state index in [1.54, 1.807) is 18.2 Å². The fourth-order valence-electron chi connectivity index (χ4n) is 1.95. The molecule has 1 heterocycles. The molecule has 1 aliphatic heterocycles. The molecule has 0 aromatic heterocycles. The molecule has 1 aromatic rings. The zero-order chi connectivity index (χ0) is 14.8. The molecular weight excluding hydrogens is 348 g/mol. The Bertz CT molecular complexity index is 607. The summed E-state index contributed by atoms with van der Waals surface area (Å²) in [6.45, 7) is 0.490. The topological polar surface area (TPSA) is 80.7 Å². The molecule has 1 N–H and O–H groups in total. The van der Waals surface area contributed by atoms with Crippen molar-refractivity contribution in [3.05, 3.63) is 28.2 Å². The van der Waals surface area contributed by atoms with Crippen molar-refractivity contribution in [2.24, 2.45) is 0 Å². The molecule has 0 saturated carbocycles. The maximum absolute atomic E-state index is 12.3. The Hall–Kier alpha value is -0.920. The summed E-state index contributed by atoms with van der Waals surface area (Å²) in [5, 5.41) is 8.13. The summed E-state index contributed by atoms with van der Waals surface area (Å²) in [7, 11) is -3.35. The summed E-state index contributed by atoms with van der Waals surface area (Å²) in [6.07, 6.45) is 1.25. The van der Waals surface area contributed by atoms with Crippen LogP contribution in [-0.2, 0) is 25.8 Å². The number of ether oxygens (including phenoxy) is 1. The highest BCUT2D eigenvalue weighted by Gasteiger charge is 2.35. The third kappa shape index (κ3) is 3.39. The van der Waals surface area contributed by atoms with E-state index >= 15 is 0 Å². The largest absolute Gasteiger partial charge is 0.481 e. The van der Waals surface area contributed by atoms with E-state index < -0.39 is 21.1 Å². The highest BCUT2D eigenvalue weighted by molar-refractivity contribution is 9.10. The third-order valence-corrected chi connectivity index (χ3v) is 6.24. The molecule has 2 rings (SSSR count). The third-order valence-electron chi connectivity index (χ3n) is 3.21. The van der Waals surface area contributed by atoms with Crippen LogP contribution < -0.4 is 0 Å². The Morgan fingerprint density at radius 2 is 2.10 bits per heavy atom. The summed E-state index contributed by atoms with van der Waals surface area (Å²) in [5.74, 6) is -0.826. The van der Waals surface area contributed by atoms with E-state index in [1.165, 1.54) is 0 Å². The first-order chi connectivity index (χ1) is 9.41. The Morgan fingerprint density at radius 1 is 1.40 bits per heavy atom. The van der Waals surface area contributed by atoms with Crippen molar-refractivity contribution in [1.29, 1.82) is 0 Å². The Kier molecular flexibility index (Phi) is 4.82. The second-order valence-electron chi connectivity index (χ2n) is 4.72. The molecule has 1 aromatic carbocycles. The van der Waals surface area contributed by atoms with Gasteiger partial charge in [-0.3, -0.25) is 4.79 Å². The number of aliphatic carboxylic acids is 1. The first-order valence-electron chi connectivity index (χ1n) is 6.23. The van der Waals surface area contributed by atoms with Gasteiger partial charge in [0.25, 0.3) is 0 Å². The van der Waals surface area contributed by atoms with E-state index in [9.17, 15) is 13.2 Å². The number of benzene rings is 1. The van der Waals surface area contributed by atoms with Crippen LogP contribution in [-0.4, -0.2) is 38.0 Å². The predicted molar refractivity (Wildman–Crippen MR) is 76.5 cm³/mol. The number of carboxylic acid groups (broad SMARTS) is 1. The number of hydrogen-bond acceptors (Lipinski definition) is 4. The Balaban J connectivity index is 2.11. The second kappa shape index (κ2) is 6.24. The molecule has 1 fully saturated rings. The minimum absolute atomic E-state index is 0.108. The van der Waals surface area contributed by atoms with E-state index in [0.717, 1.165) is 5.56 Å². The monoisotopic (exact) mass is 362 g/mol. The average molecular weight is 363 g/mol. The maximum atomic E-state index is 12.3. The molecule has 1 saturated heterocycles.